The maximum absolute atomic E-state index is 12.1. The number of fused-ring (bicyclic) bond motifs is 1. The molecule has 1 aromatic heterocycles. The van der Waals surface area contributed by atoms with Crippen LogP contribution in [0.15, 0.2) is 63.8 Å². The molecule has 0 spiro atoms. The third-order valence-electron chi connectivity index (χ3n) is 4.15. The Bertz CT molecular complexity index is 948. The Labute approximate surface area is 145 Å². The number of carbonyl (C=O) groups excluding carboxylic acids is 1. The van der Waals surface area contributed by atoms with Gasteiger partial charge in [0, 0.05) is 29.8 Å². The molecule has 3 rings (SSSR count). The number of nitrogens with one attached hydrogen (secondary N) is 2. The van der Waals surface area contributed by atoms with Gasteiger partial charge in [-0.2, -0.15) is 0 Å². The molecule has 0 bridgehead atoms. The van der Waals surface area contributed by atoms with Crippen molar-refractivity contribution in [2.45, 2.75) is 19.8 Å². The first-order valence-corrected chi connectivity index (χ1v) is 8.17. The van der Waals surface area contributed by atoms with E-state index in [1.165, 1.54) is 11.6 Å². The fourth-order valence-electron chi connectivity index (χ4n) is 2.72. The van der Waals surface area contributed by atoms with Crippen molar-refractivity contribution in [1.82, 2.24) is 5.32 Å². The smallest absolute Gasteiger partial charge is 0.336 e. The van der Waals surface area contributed by atoms with Crippen LogP contribution in [-0.4, -0.2) is 12.6 Å². The molecule has 0 aliphatic heterocycles. The summed E-state index contributed by atoms with van der Waals surface area (Å²) < 4.78 is 5.19. The summed E-state index contributed by atoms with van der Waals surface area (Å²) in [5.41, 5.74) is 2.65. The lowest BCUT2D eigenvalue weighted by Gasteiger charge is -2.14. The van der Waals surface area contributed by atoms with Crippen LogP contribution >= 0.6 is 0 Å². The van der Waals surface area contributed by atoms with Crippen molar-refractivity contribution in [3.05, 3.63) is 76.1 Å². The van der Waals surface area contributed by atoms with Crippen molar-refractivity contribution in [2.75, 3.05) is 11.9 Å². The molecule has 2 amide bonds. The highest BCUT2D eigenvalue weighted by Crippen LogP contribution is 2.20. The number of amides is 2. The van der Waals surface area contributed by atoms with Crippen LogP contribution in [0.1, 0.15) is 24.0 Å². The quantitative estimate of drug-likeness (QED) is 0.707. The molecular weight excluding hydrogens is 316 g/mol. The molecule has 5 heteroatoms. The fourth-order valence-corrected chi connectivity index (χ4v) is 2.72. The lowest BCUT2D eigenvalue weighted by molar-refractivity contribution is 0.251. The summed E-state index contributed by atoms with van der Waals surface area (Å²) in [6.45, 7) is 4.44. The van der Waals surface area contributed by atoms with Gasteiger partial charge in [-0.25, -0.2) is 9.59 Å². The molecule has 1 heterocycles. The van der Waals surface area contributed by atoms with E-state index in [1.54, 1.807) is 12.1 Å². The number of urea groups is 1. The van der Waals surface area contributed by atoms with Gasteiger partial charge >= 0.3 is 11.7 Å². The lowest BCUT2D eigenvalue weighted by atomic mass is 10.0. The number of hydrogen-bond donors (Lipinski definition) is 2. The molecule has 0 saturated carbocycles. The van der Waals surface area contributed by atoms with Gasteiger partial charge in [0.2, 0.25) is 0 Å². The first-order valence-electron chi connectivity index (χ1n) is 8.17. The lowest BCUT2D eigenvalue weighted by Crippen LogP contribution is -2.31. The Kier molecular flexibility index (Phi) is 4.84. The Hall–Kier alpha value is -3.08. The maximum Gasteiger partial charge on any atom is 0.336 e. The van der Waals surface area contributed by atoms with Gasteiger partial charge in [0.25, 0.3) is 0 Å². The van der Waals surface area contributed by atoms with E-state index in [9.17, 15) is 9.59 Å². The van der Waals surface area contributed by atoms with Crippen LogP contribution in [0.4, 0.5) is 10.5 Å². The molecule has 2 N–H and O–H groups in total. The normalized spacial score (nSPS) is 11.9. The second-order valence-electron chi connectivity index (χ2n) is 6.11. The Morgan fingerprint density at radius 1 is 1.12 bits per heavy atom. The van der Waals surface area contributed by atoms with Crippen molar-refractivity contribution >= 4 is 22.7 Å². The largest absolute Gasteiger partial charge is 0.423 e. The highest BCUT2D eigenvalue weighted by atomic mass is 16.4. The minimum absolute atomic E-state index is 0.212. The Morgan fingerprint density at radius 3 is 2.64 bits per heavy atom. The molecule has 2 aromatic carbocycles. The predicted octanol–water partition coefficient (Wildman–Crippen LogP) is 4.03. The number of aryl methyl sites for hydroxylation is 1. The van der Waals surface area contributed by atoms with Gasteiger partial charge in [0.15, 0.2) is 0 Å². The van der Waals surface area contributed by atoms with Gasteiger partial charge in [0.1, 0.15) is 5.58 Å². The second kappa shape index (κ2) is 7.21. The van der Waals surface area contributed by atoms with Crippen molar-refractivity contribution in [3.63, 3.8) is 0 Å². The van der Waals surface area contributed by atoms with Crippen molar-refractivity contribution in [3.8, 4) is 0 Å². The van der Waals surface area contributed by atoms with E-state index in [0.717, 1.165) is 10.9 Å². The van der Waals surface area contributed by atoms with E-state index in [-0.39, 0.29) is 11.9 Å². The van der Waals surface area contributed by atoms with Crippen LogP contribution in [0, 0.1) is 6.92 Å². The van der Waals surface area contributed by atoms with Gasteiger partial charge in [0.05, 0.1) is 0 Å². The minimum Gasteiger partial charge on any atom is -0.423 e. The van der Waals surface area contributed by atoms with Gasteiger partial charge < -0.3 is 15.1 Å². The van der Waals surface area contributed by atoms with Crippen LogP contribution in [0.3, 0.4) is 0 Å². The van der Waals surface area contributed by atoms with E-state index in [4.69, 9.17) is 4.42 Å². The predicted molar refractivity (Wildman–Crippen MR) is 99.1 cm³/mol. The summed E-state index contributed by atoms with van der Waals surface area (Å²) in [4.78, 5) is 23.6. The van der Waals surface area contributed by atoms with Gasteiger partial charge in [-0.1, -0.05) is 37.3 Å². The van der Waals surface area contributed by atoms with E-state index in [0.29, 0.717) is 17.8 Å². The van der Waals surface area contributed by atoms with E-state index >= 15 is 0 Å². The highest BCUT2D eigenvalue weighted by Gasteiger charge is 2.09. The number of rotatable bonds is 4. The SMILES string of the molecule is Cc1cc(=O)oc2cc(NC(=O)NCC(C)c3ccccc3)ccc12. The van der Waals surface area contributed by atoms with Crippen LogP contribution in [-0.2, 0) is 0 Å². The molecule has 5 nitrogen and oxygen atoms in total. The van der Waals surface area contributed by atoms with E-state index in [1.807, 2.05) is 43.3 Å². The molecule has 128 valence electrons. The highest BCUT2D eigenvalue weighted by molar-refractivity contribution is 5.92. The topological polar surface area (TPSA) is 71.3 Å². The fraction of sp³-hybridized carbons (Fsp3) is 0.200. The first-order chi connectivity index (χ1) is 12.0. The Morgan fingerprint density at radius 2 is 1.88 bits per heavy atom. The molecule has 0 saturated heterocycles. The van der Waals surface area contributed by atoms with Crippen LogP contribution < -0.4 is 16.3 Å². The molecule has 0 aliphatic rings. The molecular formula is C20H20N2O3. The zero-order valence-corrected chi connectivity index (χ0v) is 14.2. The van der Waals surface area contributed by atoms with Gasteiger partial charge in [-0.3, -0.25) is 0 Å². The van der Waals surface area contributed by atoms with Gasteiger partial charge in [-0.05, 0) is 36.1 Å². The summed E-state index contributed by atoms with van der Waals surface area (Å²) in [5.74, 6) is 0.212. The third kappa shape index (κ3) is 4.07. The van der Waals surface area contributed by atoms with Crippen molar-refractivity contribution < 1.29 is 9.21 Å². The van der Waals surface area contributed by atoms with E-state index < -0.39 is 5.63 Å². The number of hydrogen-bond acceptors (Lipinski definition) is 3. The molecule has 0 aliphatic carbocycles. The second-order valence-corrected chi connectivity index (χ2v) is 6.11. The molecule has 1 unspecified atom stereocenters. The minimum atomic E-state index is -0.400. The maximum atomic E-state index is 12.1. The number of benzene rings is 2. The molecule has 1 atom stereocenters. The monoisotopic (exact) mass is 336 g/mol. The summed E-state index contributed by atoms with van der Waals surface area (Å²) in [5, 5.41) is 6.48. The van der Waals surface area contributed by atoms with Crippen molar-refractivity contribution in [1.29, 1.82) is 0 Å². The summed E-state index contributed by atoms with van der Waals surface area (Å²) in [6.07, 6.45) is 0. The summed E-state index contributed by atoms with van der Waals surface area (Å²) in [7, 11) is 0. The molecule has 25 heavy (non-hydrogen) atoms. The third-order valence-corrected chi connectivity index (χ3v) is 4.15. The average Bonchev–Trinajstić information content (AvgIpc) is 2.60. The van der Waals surface area contributed by atoms with Crippen LogP contribution in [0.2, 0.25) is 0 Å². The molecule has 3 aromatic rings. The van der Waals surface area contributed by atoms with Crippen LogP contribution in [0.5, 0.6) is 0 Å². The number of anilines is 1. The number of carbonyl (C=O) groups is 1. The summed E-state index contributed by atoms with van der Waals surface area (Å²) >= 11 is 0. The standard InChI is InChI=1S/C20H20N2O3/c1-13-10-19(23)25-18-11-16(8-9-17(13)18)22-20(24)21-12-14(2)15-6-4-3-5-7-15/h3-11,14H,12H2,1-2H3,(H2,21,22,24). The van der Waals surface area contributed by atoms with E-state index in [2.05, 4.69) is 17.6 Å². The average molecular weight is 336 g/mol. The van der Waals surface area contributed by atoms with Crippen molar-refractivity contribution in [2.24, 2.45) is 0 Å². The Balaban J connectivity index is 1.65. The molecule has 0 radical (unpaired) electrons. The van der Waals surface area contributed by atoms with Gasteiger partial charge in [-0.15, -0.1) is 0 Å². The zero-order valence-electron chi connectivity index (χ0n) is 14.2. The zero-order chi connectivity index (χ0) is 17.8. The summed E-state index contributed by atoms with van der Waals surface area (Å²) in [6, 6.07) is 16.4. The van der Waals surface area contributed by atoms with Crippen LogP contribution in [0.25, 0.3) is 11.0 Å². The molecule has 0 fully saturated rings. The first kappa shape index (κ1) is 16.8.